The second kappa shape index (κ2) is 6.94. The molecule has 19 heavy (non-hydrogen) atoms. The third-order valence-electron chi connectivity index (χ3n) is 3.91. The van der Waals surface area contributed by atoms with Gasteiger partial charge in [-0.1, -0.05) is 19.8 Å². The van der Waals surface area contributed by atoms with Crippen molar-refractivity contribution in [2.24, 2.45) is 0 Å². The summed E-state index contributed by atoms with van der Waals surface area (Å²) in [6.07, 6.45) is 7.91. The van der Waals surface area contributed by atoms with E-state index in [0.717, 1.165) is 23.8 Å². The number of furan rings is 1. The van der Waals surface area contributed by atoms with Gasteiger partial charge in [-0.3, -0.25) is 0 Å². The molecule has 1 unspecified atom stereocenters. The van der Waals surface area contributed by atoms with Gasteiger partial charge in [0, 0.05) is 12.1 Å². The van der Waals surface area contributed by atoms with E-state index in [1.807, 2.05) is 12.1 Å². The van der Waals surface area contributed by atoms with Crippen LogP contribution in [0, 0.1) is 0 Å². The van der Waals surface area contributed by atoms with E-state index < -0.39 is 0 Å². The Bertz CT molecular complexity index is 385. The first kappa shape index (κ1) is 14.4. The van der Waals surface area contributed by atoms with Crippen molar-refractivity contribution in [1.29, 1.82) is 0 Å². The number of rotatable bonds is 5. The molecule has 1 saturated carbocycles. The van der Waals surface area contributed by atoms with Crippen LogP contribution in [0.15, 0.2) is 22.8 Å². The number of hydrogen-bond donors (Lipinski definition) is 1. The predicted molar refractivity (Wildman–Crippen MR) is 82.0 cm³/mol. The highest BCUT2D eigenvalue weighted by atomic mass is 32.1. The number of thiocarbonyl (C=S) groups is 1. The lowest BCUT2D eigenvalue weighted by molar-refractivity contribution is 0.276. The molecular formula is C15H24N2OS. The summed E-state index contributed by atoms with van der Waals surface area (Å²) in [4.78, 5) is 2.31. The van der Waals surface area contributed by atoms with Crippen LogP contribution in [-0.2, 0) is 6.54 Å². The predicted octanol–water partition coefficient (Wildman–Crippen LogP) is 3.70. The van der Waals surface area contributed by atoms with Gasteiger partial charge in [-0.15, -0.1) is 0 Å². The van der Waals surface area contributed by atoms with Crippen LogP contribution in [0.1, 0.15) is 51.7 Å². The summed E-state index contributed by atoms with van der Waals surface area (Å²) in [5, 5.41) is 4.31. The van der Waals surface area contributed by atoms with E-state index in [-0.39, 0.29) is 0 Å². The fourth-order valence-electron chi connectivity index (χ4n) is 2.55. The van der Waals surface area contributed by atoms with E-state index in [1.165, 1.54) is 25.7 Å². The number of nitrogens with zero attached hydrogens (tertiary/aromatic N) is 1. The van der Waals surface area contributed by atoms with Crippen LogP contribution in [0.25, 0.3) is 0 Å². The maximum atomic E-state index is 5.60. The van der Waals surface area contributed by atoms with Crippen LogP contribution >= 0.6 is 12.2 Å². The highest BCUT2D eigenvalue weighted by Crippen LogP contribution is 2.25. The maximum absolute atomic E-state index is 5.60. The molecule has 0 aliphatic heterocycles. The molecule has 1 heterocycles. The van der Waals surface area contributed by atoms with Gasteiger partial charge in [-0.2, -0.15) is 0 Å². The van der Waals surface area contributed by atoms with E-state index in [1.54, 1.807) is 6.26 Å². The summed E-state index contributed by atoms with van der Waals surface area (Å²) < 4.78 is 5.48. The standard InChI is InChI=1S/C15H24N2OS/c1-3-12(2)16-15(19)17(13-7-4-5-8-13)11-14-9-6-10-18-14/h6,9-10,12-13H,3-5,7-8,11H2,1-2H3,(H,16,19). The molecule has 1 N–H and O–H groups in total. The zero-order valence-corrected chi connectivity index (χ0v) is 12.7. The Morgan fingerprint density at radius 3 is 2.84 bits per heavy atom. The third kappa shape index (κ3) is 3.96. The maximum Gasteiger partial charge on any atom is 0.169 e. The van der Waals surface area contributed by atoms with Crippen molar-refractivity contribution in [3.05, 3.63) is 24.2 Å². The topological polar surface area (TPSA) is 28.4 Å². The molecular weight excluding hydrogens is 256 g/mol. The molecule has 3 nitrogen and oxygen atoms in total. The first-order valence-electron chi connectivity index (χ1n) is 7.30. The monoisotopic (exact) mass is 280 g/mol. The molecule has 4 heteroatoms. The summed E-state index contributed by atoms with van der Waals surface area (Å²) >= 11 is 5.60. The molecule has 1 aliphatic carbocycles. The van der Waals surface area contributed by atoms with Crippen molar-refractivity contribution in [3.8, 4) is 0 Å². The molecule has 1 fully saturated rings. The zero-order chi connectivity index (χ0) is 13.7. The van der Waals surface area contributed by atoms with Gasteiger partial charge < -0.3 is 14.6 Å². The minimum absolute atomic E-state index is 0.424. The van der Waals surface area contributed by atoms with Gasteiger partial charge >= 0.3 is 0 Å². The molecule has 0 bridgehead atoms. The van der Waals surface area contributed by atoms with Gasteiger partial charge in [0.2, 0.25) is 0 Å². The zero-order valence-electron chi connectivity index (χ0n) is 11.9. The van der Waals surface area contributed by atoms with E-state index in [2.05, 4.69) is 24.1 Å². The van der Waals surface area contributed by atoms with Crippen LogP contribution in [-0.4, -0.2) is 22.1 Å². The van der Waals surface area contributed by atoms with E-state index >= 15 is 0 Å². The SMILES string of the molecule is CCC(C)NC(=S)N(Cc1ccco1)C1CCCC1. The first-order chi connectivity index (χ1) is 9.20. The van der Waals surface area contributed by atoms with Crippen molar-refractivity contribution >= 4 is 17.3 Å². The highest BCUT2D eigenvalue weighted by Gasteiger charge is 2.25. The Hall–Kier alpha value is -1.03. The summed E-state index contributed by atoms with van der Waals surface area (Å²) in [5.74, 6) is 0.986. The van der Waals surface area contributed by atoms with Crippen molar-refractivity contribution in [3.63, 3.8) is 0 Å². The Balaban J connectivity index is 2.02. The molecule has 0 radical (unpaired) electrons. The van der Waals surface area contributed by atoms with Crippen LogP contribution in [0.2, 0.25) is 0 Å². The van der Waals surface area contributed by atoms with Crippen molar-refractivity contribution < 1.29 is 4.42 Å². The van der Waals surface area contributed by atoms with E-state index in [9.17, 15) is 0 Å². The number of hydrogen-bond acceptors (Lipinski definition) is 2. The molecule has 1 aliphatic rings. The van der Waals surface area contributed by atoms with Crippen LogP contribution < -0.4 is 5.32 Å². The van der Waals surface area contributed by atoms with Gasteiger partial charge in [0.05, 0.1) is 12.8 Å². The van der Waals surface area contributed by atoms with Crippen molar-refractivity contribution in [2.75, 3.05) is 0 Å². The molecule has 106 valence electrons. The lowest BCUT2D eigenvalue weighted by atomic mass is 10.2. The minimum Gasteiger partial charge on any atom is -0.467 e. The number of nitrogens with one attached hydrogen (secondary N) is 1. The average molecular weight is 280 g/mol. The largest absolute Gasteiger partial charge is 0.467 e. The summed E-state index contributed by atoms with van der Waals surface area (Å²) in [5.41, 5.74) is 0. The fraction of sp³-hybridized carbons (Fsp3) is 0.667. The van der Waals surface area contributed by atoms with Crippen LogP contribution in [0.4, 0.5) is 0 Å². The Kier molecular flexibility index (Phi) is 5.25. The lowest BCUT2D eigenvalue weighted by Crippen LogP contribution is -2.47. The third-order valence-corrected chi connectivity index (χ3v) is 4.27. The van der Waals surface area contributed by atoms with Gasteiger partial charge in [-0.25, -0.2) is 0 Å². The fourth-order valence-corrected chi connectivity index (χ4v) is 2.96. The van der Waals surface area contributed by atoms with Gasteiger partial charge in [-0.05, 0) is 50.5 Å². The van der Waals surface area contributed by atoms with Crippen LogP contribution in [0.3, 0.4) is 0 Å². The molecule has 0 aromatic carbocycles. The second-order valence-electron chi connectivity index (χ2n) is 5.40. The smallest absolute Gasteiger partial charge is 0.169 e. The first-order valence-corrected chi connectivity index (χ1v) is 7.71. The van der Waals surface area contributed by atoms with Gasteiger partial charge in [0.1, 0.15) is 5.76 Å². The van der Waals surface area contributed by atoms with Gasteiger partial charge in [0.25, 0.3) is 0 Å². The van der Waals surface area contributed by atoms with E-state index in [4.69, 9.17) is 16.6 Å². The van der Waals surface area contributed by atoms with Crippen molar-refractivity contribution in [2.45, 2.75) is 64.6 Å². The van der Waals surface area contributed by atoms with Crippen LogP contribution in [0.5, 0.6) is 0 Å². The lowest BCUT2D eigenvalue weighted by Gasteiger charge is -2.32. The average Bonchev–Trinajstić information content (AvgIpc) is 3.08. The molecule has 1 aromatic heterocycles. The molecule has 0 amide bonds. The molecule has 0 spiro atoms. The normalized spacial score (nSPS) is 17.4. The van der Waals surface area contributed by atoms with Crippen molar-refractivity contribution in [1.82, 2.24) is 10.2 Å². The Labute approximate surface area is 121 Å². The summed E-state index contributed by atoms with van der Waals surface area (Å²) in [7, 11) is 0. The quantitative estimate of drug-likeness (QED) is 0.833. The molecule has 2 rings (SSSR count). The Morgan fingerprint density at radius 1 is 1.53 bits per heavy atom. The molecule has 0 saturated heterocycles. The highest BCUT2D eigenvalue weighted by molar-refractivity contribution is 7.80. The molecule has 1 aromatic rings. The summed E-state index contributed by atoms with van der Waals surface area (Å²) in [6.45, 7) is 5.12. The second-order valence-corrected chi connectivity index (χ2v) is 5.79. The van der Waals surface area contributed by atoms with E-state index in [0.29, 0.717) is 12.1 Å². The summed E-state index contributed by atoms with van der Waals surface area (Å²) in [6, 6.07) is 4.95. The minimum atomic E-state index is 0.424. The Morgan fingerprint density at radius 2 is 2.26 bits per heavy atom. The van der Waals surface area contributed by atoms with Gasteiger partial charge in [0.15, 0.2) is 5.11 Å². The molecule has 1 atom stereocenters.